The molecule has 0 atom stereocenters. The van der Waals surface area contributed by atoms with Crippen LogP contribution in [0.5, 0.6) is 0 Å². The van der Waals surface area contributed by atoms with Crippen LogP contribution in [-0.4, -0.2) is 31.3 Å². The second-order valence-corrected chi connectivity index (χ2v) is 3.05. The van der Waals surface area contributed by atoms with Crippen LogP contribution in [0.15, 0.2) is 0 Å². The van der Waals surface area contributed by atoms with Crippen molar-refractivity contribution in [3.8, 4) is 0 Å². The summed E-state index contributed by atoms with van der Waals surface area (Å²) in [4.78, 5) is 0. The van der Waals surface area contributed by atoms with E-state index in [4.69, 9.17) is 17.0 Å². The van der Waals surface area contributed by atoms with Crippen molar-refractivity contribution in [2.24, 2.45) is 11.6 Å². The van der Waals surface area contributed by atoms with Gasteiger partial charge < -0.3 is 11.2 Å². The van der Waals surface area contributed by atoms with Crippen LogP contribution in [0.4, 0.5) is 0 Å². The molecule has 0 fully saturated rings. The van der Waals surface area contributed by atoms with Gasteiger partial charge in [0.25, 0.3) is 10.1 Å². The van der Waals surface area contributed by atoms with Gasteiger partial charge in [-0.15, -0.1) is 9.46 Å². The van der Waals surface area contributed by atoms with Crippen molar-refractivity contribution in [1.82, 2.24) is 5.17 Å². The van der Waals surface area contributed by atoms with Crippen molar-refractivity contribution < 1.29 is 18.2 Å². The fraction of sp³-hybridized carbons (Fsp3) is 0.500. The van der Waals surface area contributed by atoms with Crippen LogP contribution in [0.2, 0.25) is 0 Å². The van der Waals surface area contributed by atoms with E-state index in [9.17, 15) is 8.42 Å². The predicted octanol–water partition coefficient (Wildman–Crippen LogP) is -2.88. The Morgan fingerprint density at radius 1 is 1.64 bits per heavy atom. The fourth-order valence-corrected chi connectivity index (χ4v) is 0.558. The summed E-state index contributed by atoms with van der Waals surface area (Å²) in [5.41, 5.74) is 4.74. The molecular formula is C2H10N4O4S. The maximum Gasteiger partial charge on any atom is 0.286 e. The summed E-state index contributed by atoms with van der Waals surface area (Å²) in [5.74, 6) is 4.10. The summed E-state index contributed by atoms with van der Waals surface area (Å²) in [6, 6.07) is 0. The van der Waals surface area contributed by atoms with Crippen LogP contribution >= 0.6 is 0 Å². The molecule has 0 aromatic carbocycles. The Kier molecular flexibility index (Phi) is 4.73. The number of nitrogens with two attached hydrogens (primary N) is 2. The summed E-state index contributed by atoms with van der Waals surface area (Å²) < 4.78 is 24.4. The molecule has 0 aromatic heterocycles. The molecule has 0 heterocycles. The molecule has 0 saturated heterocycles. The topological polar surface area (TPSA) is 154 Å². The first-order valence-corrected chi connectivity index (χ1v) is 3.93. The standard InChI is InChI=1S/C2H8N4O3S.H2O/c1-10(7,8)9-6(5)2(3)4;/h5H2,1H3,(H3,3,4);1H2. The molecule has 0 aromatic rings. The van der Waals surface area contributed by atoms with Crippen LogP contribution < -0.4 is 11.6 Å². The molecular weight excluding hydrogens is 176 g/mol. The Morgan fingerprint density at radius 3 is 2.09 bits per heavy atom. The zero-order valence-corrected chi connectivity index (χ0v) is 6.55. The third-order valence-corrected chi connectivity index (χ3v) is 0.885. The molecule has 0 radical (unpaired) electrons. The average Bonchev–Trinajstić information content (AvgIpc) is 1.60. The van der Waals surface area contributed by atoms with Crippen LogP contribution in [0.1, 0.15) is 0 Å². The molecule has 0 aliphatic carbocycles. The van der Waals surface area contributed by atoms with Crippen molar-refractivity contribution >= 4 is 16.1 Å². The lowest BCUT2D eigenvalue weighted by atomic mass is 11.1. The Labute approximate surface area is 63.6 Å². The second-order valence-electron chi connectivity index (χ2n) is 1.49. The lowest BCUT2D eigenvalue weighted by molar-refractivity contribution is 0.0254. The van der Waals surface area contributed by atoms with Gasteiger partial charge >= 0.3 is 0 Å². The molecule has 0 rings (SSSR count). The van der Waals surface area contributed by atoms with E-state index in [0.717, 1.165) is 6.26 Å². The predicted molar refractivity (Wildman–Crippen MR) is 37.5 cm³/mol. The van der Waals surface area contributed by atoms with E-state index in [2.05, 4.69) is 4.28 Å². The molecule has 7 N–H and O–H groups in total. The summed E-state index contributed by atoms with van der Waals surface area (Å²) in [6.45, 7) is 0. The number of nitrogens with zero attached hydrogens (tertiary/aromatic N) is 1. The molecule has 0 bridgehead atoms. The first-order valence-electron chi connectivity index (χ1n) is 2.11. The van der Waals surface area contributed by atoms with E-state index < -0.39 is 16.1 Å². The number of nitrogens with one attached hydrogen (secondary N) is 1. The van der Waals surface area contributed by atoms with E-state index in [0.29, 0.717) is 0 Å². The molecule has 0 spiro atoms. The highest BCUT2D eigenvalue weighted by molar-refractivity contribution is 7.85. The third-order valence-electron chi connectivity index (χ3n) is 0.453. The maximum atomic E-state index is 10.2. The normalized spacial score (nSPS) is 10.0. The molecule has 0 aliphatic rings. The van der Waals surface area contributed by atoms with Gasteiger partial charge in [0.1, 0.15) is 0 Å². The van der Waals surface area contributed by atoms with Gasteiger partial charge in [-0.2, -0.15) is 8.42 Å². The highest BCUT2D eigenvalue weighted by atomic mass is 32.2. The van der Waals surface area contributed by atoms with Gasteiger partial charge in [-0.3, -0.25) is 5.41 Å². The monoisotopic (exact) mass is 186 g/mol. The third kappa shape index (κ3) is 6.99. The van der Waals surface area contributed by atoms with Crippen LogP contribution in [-0.2, 0) is 14.4 Å². The SMILES string of the molecule is CS(=O)(=O)ON(N)C(=N)N.O. The highest BCUT2D eigenvalue weighted by Gasteiger charge is 2.08. The summed E-state index contributed by atoms with van der Waals surface area (Å²) in [7, 11) is -3.69. The largest absolute Gasteiger partial charge is 0.412 e. The second kappa shape index (κ2) is 4.08. The van der Waals surface area contributed by atoms with E-state index in [1.165, 1.54) is 0 Å². The van der Waals surface area contributed by atoms with Gasteiger partial charge in [-0.05, 0) is 0 Å². The van der Waals surface area contributed by atoms with E-state index in [-0.39, 0.29) is 10.6 Å². The van der Waals surface area contributed by atoms with Gasteiger partial charge in [-0.1, -0.05) is 0 Å². The smallest absolute Gasteiger partial charge is 0.286 e. The van der Waals surface area contributed by atoms with Crippen molar-refractivity contribution in [3.63, 3.8) is 0 Å². The maximum absolute atomic E-state index is 10.2. The number of hydrogen-bond acceptors (Lipinski definition) is 5. The zero-order chi connectivity index (χ0) is 8.36. The molecule has 0 amide bonds. The van der Waals surface area contributed by atoms with Crippen molar-refractivity contribution in [2.75, 3.05) is 6.26 Å². The number of hydroxylamine groups is 1. The lowest BCUT2D eigenvalue weighted by Crippen LogP contribution is -2.43. The van der Waals surface area contributed by atoms with Gasteiger partial charge in [-0.25, -0.2) is 5.84 Å². The Morgan fingerprint density at radius 2 is 2.00 bits per heavy atom. The molecule has 8 nitrogen and oxygen atoms in total. The zero-order valence-electron chi connectivity index (χ0n) is 5.73. The number of hydrogen-bond donors (Lipinski definition) is 3. The van der Waals surface area contributed by atoms with Gasteiger partial charge in [0.2, 0.25) is 5.96 Å². The number of rotatable bonds is 2. The number of guanidine groups is 1. The lowest BCUT2D eigenvalue weighted by Gasteiger charge is -2.11. The van der Waals surface area contributed by atoms with Crippen LogP contribution in [0.25, 0.3) is 0 Å². The molecule has 0 aliphatic heterocycles. The minimum Gasteiger partial charge on any atom is -0.412 e. The summed E-state index contributed by atoms with van der Waals surface area (Å²) in [5, 5.41) is 6.72. The summed E-state index contributed by atoms with van der Waals surface area (Å²) >= 11 is 0. The first kappa shape index (κ1) is 12.7. The molecule has 0 unspecified atom stereocenters. The van der Waals surface area contributed by atoms with Gasteiger partial charge in [0.05, 0.1) is 6.26 Å². The van der Waals surface area contributed by atoms with Crippen LogP contribution in [0, 0.1) is 5.41 Å². The quantitative estimate of drug-likeness (QED) is 0.182. The van der Waals surface area contributed by atoms with Crippen molar-refractivity contribution in [1.29, 1.82) is 5.41 Å². The van der Waals surface area contributed by atoms with E-state index in [1.807, 2.05) is 0 Å². The molecule has 9 heteroatoms. The Bertz CT molecular complexity index is 222. The minimum atomic E-state index is -3.69. The molecule has 68 valence electrons. The van der Waals surface area contributed by atoms with E-state index >= 15 is 0 Å². The molecule has 11 heavy (non-hydrogen) atoms. The van der Waals surface area contributed by atoms with Crippen LogP contribution in [0.3, 0.4) is 0 Å². The van der Waals surface area contributed by atoms with E-state index in [1.54, 1.807) is 0 Å². The minimum absolute atomic E-state index is 0. The first-order chi connectivity index (χ1) is 4.33. The Hall–Kier alpha value is -0.900. The van der Waals surface area contributed by atoms with Crippen molar-refractivity contribution in [3.05, 3.63) is 0 Å². The number of hydrazine groups is 1. The highest BCUT2D eigenvalue weighted by Crippen LogP contribution is 1.87. The Balaban J connectivity index is 0. The molecule has 0 saturated carbocycles. The average molecular weight is 186 g/mol. The van der Waals surface area contributed by atoms with Crippen molar-refractivity contribution in [2.45, 2.75) is 0 Å². The fourth-order valence-electron chi connectivity index (χ4n) is 0.186. The van der Waals surface area contributed by atoms with Gasteiger partial charge in [0.15, 0.2) is 0 Å². The van der Waals surface area contributed by atoms with Gasteiger partial charge in [0, 0.05) is 0 Å². The summed E-state index contributed by atoms with van der Waals surface area (Å²) in [6.07, 6.45) is 0.788.